The normalized spacial score (nSPS) is 22.1. The molecule has 0 aromatic carbocycles. The molecule has 0 spiro atoms. The van der Waals surface area contributed by atoms with Crippen molar-refractivity contribution in [2.45, 2.75) is 45.2 Å². The van der Waals surface area contributed by atoms with Crippen LogP contribution >= 0.6 is 0 Å². The van der Waals surface area contributed by atoms with Crippen LogP contribution in [0, 0.1) is 5.92 Å². The summed E-state index contributed by atoms with van der Waals surface area (Å²) in [6, 6.07) is 4.27. The second-order valence-corrected chi connectivity index (χ2v) is 6.01. The minimum absolute atomic E-state index is 0.0525. The van der Waals surface area contributed by atoms with Crippen molar-refractivity contribution in [3.05, 3.63) is 36.9 Å². The Kier molecular flexibility index (Phi) is 4.08. The number of rotatable bonds is 4. The van der Waals surface area contributed by atoms with E-state index in [-0.39, 0.29) is 12.5 Å². The lowest BCUT2D eigenvalue weighted by Crippen LogP contribution is -2.39. The lowest BCUT2D eigenvalue weighted by atomic mass is 9.87. The molecule has 0 saturated heterocycles. The number of nitrogens with zero attached hydrogens (tertiary/aromatic N) is 3. The number of carbonyl (C=O) groups excluding carboxylic acids is 1. The van der Waals surface area contributed by atoms with E-state index in [1.54, 1.807) is 10.9 Å². The van der Waals surface area contributed by atoms with Gasteiger partial charge in [0.05, 0.1) is 11.9 Å². The summed E-state index contributed by atoms with van der Waals surface area (Å²) >= 11 is 0. The van der Waals surface area contributed by atoms with Crippen molar-refractivity contribution in [2.24, 2.45) is 5.92 Å². The first kappa shape index (κ1) is 13.9. The third kappa shape index (κ3) is 3.54. The average Bonchev–Trinajstić information content (AvgIpc) is 3.12. The van der Waals surface area contributed by atoms with Gasteiger partial charge in [0.15, 0.2) is 0 Å². The average molecular weight is 286 g/mol. The smallest absolute Gasteiger partial charge is 0.241 e. The van der Waals surface area contributed by atoms with Gasteiger partial charge in [0.25, 0.3) is 0 Å². The van der Waals surface area contributed by atoms with Gasteiger partial charge in [0, 0.05) is 24.6 Å². The van der Waals surface area contributed by atoms with Crippen molar-refractivity contribution in [1.29, 1.82) is 0 Å². The molecule has 2 heterocycles. The van der Waals surface area contributed by atoms with E-state index < -0.39 is 0 Å². The van der Waals surface area contributed by atoms with Crippen molar-refractivity contribution in [2.75, 3.05) is 0 Å². The molecule has 1 saturated carbocycles. The van der Waals surface area contributed by atoms with Crippen molar-refractivity contribution >= 4 is 5.91 Å². The predicted octanol–water partition coefficient (Wildman–Crippen LogP) is 2.37. The lowest BCUT2D eigenvalue weighted by molar-refractivity contribution is -0.122. The Bertz CT molecular complexity index is 579. The van der Waals surface area contributed by atoms with Gasteiger partial charge < -0.3 is 9.88 Å². The second-order valence-electron chi connectivity index (χ2n) is 6.01. The van der Waals surface area contributed by atoms with Gasteiger partial charge in [0.1, 0.15) is 6.54 Å². The minimum Gasteiger partial charge on any atom is -0.352 e. The zero-order valence-electron chi connectivity index (χ0n) is 12.4. The summed E-state index contributed by atoms with van der Waals surface area (Å²) in [5.41, 5.74) is 0.972. The quantitative estimate of drug-likeness (QED) is 0.938. The van der Waals surface area contributed by atoms with E-state index in [9.17, 15) is 4.79 Å². The van der Waals surface area contributed by atoms with Crippen molar-refractivity contribution < 1.29 is 4.79 Å². The molecule has 5 heteroatoms. The number of hydrogen-bond acceptors (Lipinski definition) is 2. The van der Waals surface area contributed by atoms with E-state index in [4.69, 9.17) is 0 Å². The molecule has 5 nitrogen and oxygen atoms in total. The maximum absolute atomic E-state index is 12.1. The van der Waals surface area contributed by atoms with Crippen LogP contribution in [0.1, 0.15) is 32.6 Å². The van der Waals surface area contributed by atoms with Gasteiger partial charge >= 0.3 is 0 Å². The highest BCUT2D eigenvalue weighted by atomic mass is 16.2. The van der Waals surface area contributed by atoms with Gasteiger partial charge in [-0.15, -0.1) is 0 Å². The first-order valence-corrected chi connectivity index (χ1v) is 7.66. The Morgan fingerprint density at radius 1 is 1.29 bits per heavy atom. The molecule has 1 aliphatic rings. The maximum atomic E-state index is 12.1. The third-order valence-corrected chi connectivity index (χ3v) is 4.21. The van der Waals surface area contributed by atoms with Crippen LogP contribution < -0.4 is 5.32 Å². The number of carbonyl (C=O) groups is 1. The Morgan fingerprint density at radius 2 is 2.00 bits per heavy atom. The fourth-order valence-corrected chi connectivity index (χ4v) is 2.90. The van der Waals surface area contributed by atoms with Crippen LogP contribution in [-0.2, 0) is 11.3 Å². The van der Waals surface area contributed by atoms with Crippen molar-refractivity contribution in [3.8, 4) is 5.69 Å². The molecule has 3 rings (SSSR count). The van der Waals surface area contributed by atoms with Crippen LogP contribution in [0.5, 0.6) is 0 Å². The fourth-order valence-electron chi connectivity index (χ4n) is 2.90. The van der Waals surface area contributed by atoms with E-state index in [0.717, 1.165) is 24.4 Å². The van der Waals surface area contributed by atoms with Crippen LogP contribution in [0.15, 0.2) is 36.9 Å². The third-order valence-electron chi connectivity index (χ3n) is 4.21. The summed E-state index contributed by atoms with van der Waals surface area (Å²) in [7, 11) is 0. The number of nitrogens with one attached hydrogen (secondary N) is 1. The second kappa shape index (κ2) is 6.16. The lowest BCUT2D eigenvalue weighted by Gasteiger charge is -2.26. The molecular formula is C16H22N4O. The molecule has 1 aliphatic carbocycles. The van der Waals surface area contributed by atoms with E-state index >= 15 is 0 Å². The Labute approximate surface area is 125 Å². The molecule has 1 fully saturated rings. The summed E-state index contributed by atoms with van der Waals surface area (Å²) < 4.78 is 3.67. The molecule has 0 aliphatic heterocycles. The van der Waals surface area contributed by atoms with Gasteiger partial charge in [-0.2, -0.15) is 5.10 Å². The standard InChI is InChI=1S/C16H22N4O/c1-13-4-6-14(7-5-13)18-16(21)12-20-11-15(10-17-20)19-8-2-3-9-19/h2-3,8-11,13-14H,4-7,12H2,1H3,(H,18,21). The summed E-state index contributed by atoms with van der Waals surface area (Å²) in [6.07, 6.45) is 12.2. The van der Waals surface area contributed by atoms with Gasteiger partial charge in [-0.1, -0.05) is 6.92 Å². The molecule has 0 unspecified atom stereocenters. The zero-order chi connectivity index (χ0) is 14.7. The molecule has 0 radical (unpaired) electrons. The van der Waals surface area contributed by atoms with Crippen LogP contribution in [0.3, 0.4) is 0 Å². The molecule has 2 aromatic heterocycles. The van der Waals surface area contributed by atoms with Gasteiger partial charge in [-0.3, -0.25) is 9.48 Å². The molecule has 0 bridgehead atoms. The first-order chi connectivity index (χ1) is 10.2. The van der Waals surface area contributed by atoms with E-state index in [1.165, 1.54) is 12.8 Å². The molecule has 0 atom stereocenters. The van der Waals surface area contributed by atoms with E-state index in [1.807, 2.05) is 35.3 Å². The highest BCUT2D eigenvalue weighted by molar-refractivity contribution is 5.76. The molecule has 1 N–H and O–H groups in total. The largest absolute Gasteiger partial charge is 0.352 e. The van der Waals surface area contributed by atoms with Crippen molar-refractivity contribution in [3.63, 3.8) is 0 Å². The van der Waals surface area contributed by atoms with Crippen molar-refractivity contribution in [1.82, 2.24) is 19.7 Å². The number of hydrogen-bond donors (Lipinski definition) is 1. The Hall–Kier alpha value is -2.04. The SMILES string of the molecule is CC1CCC(NC(=O)Cn2cc(-n3cccc3)cn2)CC1. The van der Waals surface area contributed by atoms with Crippen LogP contribution in [-0.4, -0.2) is 26.3 Å². The Balaban J connectivity index is 1.53. The van der Waals surface area contributed by atoms with Gasteiger partial charge in [0.2, 0.25) is 5.91 Å². The minimum atomic E-state index is 0.0525. The summed E-state index contributed by atoms with van der Waals surface area (Å²) in [5.74, 6) is 0.852. The highest BCUT2D eigenvalue weighted by Crippen LogP contribution is 2.23. The van der Waals surface area contributed by atoms with Gasteiger partial charge in [-0.25, -0.2) is 0 Å². The predicted molar refractivity (Wildman–Crippen MR) is 81.1 cm³/mol. The van der Waals surface area contributed by atoms with Crippen LogP contribution in [0.2, 0.25) is 0 Å². The number of aromatic nitrogens is 3. The first-order valence-electron chi connectivity index (χ1n) is 7.66. The molecule has 1 amide bonds. The number of amides is 1. The summed E-state index contributed by atoms with van der Waals surface area (Å²) in [6.45, 7) is 2.57. The van der Waals surface area contributed by atoms with E-state index in [2.05, 4.69) is 17.3 Å². The molecular weight excluding hydrogens is 264 g/mol. The van der Waals surface area contributed by atoms with Gasteiger partial charge in [-0.05, 0) is 43.7 Å². The van der Waals surface area contributed by atoms with Crippen LogP contribution in [0.4, 0.5) is 0 Å². The van der Waals surface area contributed by atoms with E-state index in [0.29, 0.717) is 6.04 Å². The molecule has 2 aromatic rings. The monoisotopic (exact) mass is 286 g/mol. The topological polar surface area (TPSA) is 51.9 Å². The zero-order valence-corrected chi connectivity index (χ0v) is 12.4. The summed E-state index contributed by atoms with van der Waals surface area (Å²) in [5, 5.41) is 7.38. The fraction of sp³-hybridized carbons (Fsp3) is 0.500. The molecule has 21 heavy (non-hydrogen) atoms. The Morgan fingerprint density at radius 3 is 2.71 bits per heavy atom. The molecule has 112 valence electrons. The summed E-state index contributed by atoms with van der Waals surface area (Å²) in [4.78, 5) is 12.1. The highest BCUT2D eigenvalue weighted by Gasteiger charge is 2.19. The van der Waals surface area contributed by atoms with Crippen LogP contribution in [0.25, 0.3) is 5.69 Å². The maximum Gasteiger partial charge on any atom is 0.241 e.